The van der Waals surface area contributed by atoms with E-state index in [2.05, 4.69) is 5.32 Å². The van der Waals surface area contributed by atoms with Crippen LogP contribution in [0.25, 0.3) is 0 Å². The fourth-order valence-electron chi connectivity index (χ4n) is 2.47. The van der Waals surface area contributed by atoms with E-state index in [1.165, 1.54) is 0 Å². The van der Waals surface area contributed by atoms with Gasteiger partial charge in [0.25, 0.3) is 0 Å². The molecule has 0 aliphatic carbocycles. The van der Waals surface area contributed by atoms with E-state index in [1.54, 1.807) is 11.8 Å². The average Bonchev–Trinajstić information content (AvgIpc) is 2.99. The minimum Gasteiger partial charge on any atom is -0.445 e. The van der Waals surface area contributed by atoms with Crippen LogP contribution in [0.5, 0.6) is 0 Å². The van der Waals surface area contributed by atoms with Crippen LogP contribution in [0.2, 0.25) is 0 Å². The molecule has 1 heterocycles. The van der Waals surface area contributed by atoms with Crippen molar-refractivity contribution >= 4 is 12.0 Å². The summed E-state index contributed by atoms with van der Waals surface area (Å²) in [6, 6.07) is 9.00. The molecule has 120 valence electrons. The molecule has 1 aliphatic rings. The molecule has 2 atom stereocenters. The third-order valence-corrected chi connectivity index (χ3v) is 3.74. The van der Waals surface area contributed by atoms with Crippen LogP contribution in [0.3, 0.4) is 0 Å². The number of hydrogen-bond donors (Lipinski definition) is 2. The van der Waals surface area contributed by atoms with E-state index in [0.29, 0.717) is 13.1 Å². The van der Waals surface area contributed by atoms with E-state index in [9.17, 15) is 9.59 Å². The molecule has 1 aromatic carbocycles. The minimum atomic E-state index is -0.542. The van der Waals surface area contributed by atoms with E-state index in [0.717, 1.165) is 18.4 Å². The Morgan fingerprint density at radius 2 is 2.14 bits per heavy atom. The van der Waals surface area contributed by atoms with E-state index >= 15 is 0 Å². The predicted molar refractivity (Wildman–Crippen MR) is 83.0 cm³/mol. The van der Waals surface area contributed by atoms with Crippen molar-refractivity contribution in [2.75, 3.05) is 13.1 Å². The Hall–Kier alpha value is -2.08. The highest BCUT2D eigenvalue weighted by atomic mass is 16.6. The van der Waals surface area contributed by atoms with Gasteiger partial charge >= 0.3 is 6.09 Å². The van der Waals surface area contributed by atoms with Gasteiger partial charge in [0, 0.05) is 13.1 Å². The van der Waals surface area contributed by atoms with Crippen molar-refractivity contribution in [3.05, 3.63) is 35.9 Å². The van der Waals surface area contributed by atoms with Crippen molar-refractivity contribution in [3.63, 3.8) is 0 Å². The van der Waals surface area contributed by atoms with Crippen molar-refractivity contribution < 1.29 is 14.3 Å². The molecular formula is C16H23N3O3. The first kappa shape index (κ1) is 16.3. The molecule has 1 aliphatic heterocycles. The summed E-state index contributed by atoms with van der Waals surface area (Å²) in [5.41, 5.74) is 6.47. The summed E-state index contributed by atoms with van der Waals surface area (Å²) in [5.74, 6) is -0.204. The van der Waals surface area contributed by atoms with Gasteiger partial charge in [-0.3, -0.25) is 4.79 Å². The number of nitrogens with zero attached hydrogens (tertiary/aromatic N) is 1. The minimum absolute atomic E-state index is 0.0222. The topological polar surface area (TPSA) is 84.7 Å². The SMILES string of the molecule is C[C@H](N)C(=O)NCC1CCCN1C(=O)OCc1ccccc1. The second kappa shape index (κ2) is 7.79. The van der Waals surface area contributed by atoms with Gasteiger partial charge in [0.05, 0.1) is 12.1 Å². The maximum Gasteiger partial charge on any atom is 0.410 e. The van der Waals surface area contributed by atoms with Gasteiger partial charge in [-0.2, -0.15) is 0 Å². The summed E-state index contributed by atoms with van der Waals surface area (Å²) in [6.07, 6.45) is 1.44. The Balaban J connectivity index is 1.81. The molecule has 2 rings (SSSR count). The van der Waals surface area contributed by atoms with Crippen molar-refractivity contribution in [3.8, 4) is 0 Å². The highest BCUT2D eigenvalue weighted by Crippen LogP contribution is 2.18. The standard InChI is InChI=1S/C16H23N3O3/c1-12(17)15(20)18-10-14-8-5-9-19(14)16(21)22-11-13-6-3-2-4-7-13/h2-4,6-7,12,14H,5,8-11,17H2,1H3,(H,18,20)/t12-,14?/m0/s1. The summed E-state index contributed by atoms with van der Waals surface area (Å²) in [5, 5.41) is 2.77. The van der Waals surface area contributed by atoms with Gasteiger partial charge in [-0.15, -0.1) is 0 Å². The van der Waals surface area contributed by atoms with E-state index < -0.39 is 6.04 Å². The fraction of sp³-hybridized carbons (Fsp3) is 0.500. The summed E-state index contributed by atoms with van der Waals surface area (Å²) >= 11 is 0. The fourth-order valence-corrected chi connectivity index (χ4v) is 2.47. The first-order valence-corrected chi connectivity index (χ1v) is 7.58. The predicted octanol–water partition coefficient (Wildman–Crippen LogP) is 1.25. The molecule has 6 nitrogen and oxygen atoms in total. The second-order valence-electron chi connectivity index (χ2n) is 5.56. The molecule has 0 radical (unpaired) electrons. The molecule has 3 N–H and O–H groups in total. The Labute approximate surface area is 130 Å². The number of rotatable bonds is 5. The summed E-state index contributed by atoms with van der Waals surface area (Å²) in [7, 11) is 0. The molecule has 2 amide bonds. The quantitative estimate of drug-likeness (QED) is 0.857. The maximum absolute atomic E-state index is 12.2. The molecule has 0 saturated carbocycles. The number of nitrogens with one attached hydrogen (secondary N) is 1. The van der Waals surface area contributed by atoms with Crippen LogP contribution in [0.1, 0.15) is 25.3 Å². The third-order valence-electron chi connectivity index (χ3n) is 3.74. The second-order valence-corrected chi connectivity index (χ2v) is 5.56. The van der Waals surface area contributed by atoms with Gasteiger partial charge in [0.2, 0.25) is 5.91 Å². The van der Waals surface area contributed by atoms with Gasteiger partial charge in [0.1, 0.15) is 6.61 Å². The van der Waals surface area contributed by atoms with E-state index in [1.807, 2.05) is 30.3 Å². The molecule has 1 fully saturated rings. The molecule has 22 heavy (non-hydrogen) atoms. The highest BCUT2D eigenvalue weighted by Gasteiger charge is 2.30. The van der Waals surface area contributed by atoms with Crippen LogP contribution >= 0.6 is 0 Å². The molecule has 1 saturated heterocycles. The summed E-state index contributed by atoms with van der Waals surface area (Å²) in [6.45, 7) is 2.97. The third kappa shape index (κ3) is 4.46. The Morgan fingerprint density at radius 3 is 2.82 bits per heavy atom. The lowest BCUT2D eigenvalue weighted by molar-refractivity contribution is -0.122. The number of ether oxygens (including phenoxy) is 1. The average molecular weight is 305 g/mol. The molecule has 1 unspecified atom stereocenters. The summed E-state index contributed by atoms with van der Waals surface area (Å²) in [4.78, 5) is 25.4. The van der Waals surface area contributed by atoms with Crippen molar-refractivity contribution in [1.82, 2.24) is 10.2 Å². The van der Waals surface area contributed by atoms with Crippen LogP contribution in [-0.4, -0.2) is 42.1 Å². The molecule has 6 heteroatoms. The highest BCUT2D eigenvalue weighted by molar-refractivity contribution is 5.81. The van der Waals surface area contributed by atoms with Gasteiger partial charge < -0.3 is 20.7 Å². The van der Waals surface area contributed by atoms with Gasteiger partial charge in [-0.05, 0) is 25.3 Å². The first-order chi connectivity index (χ1) is 10.6. The van der Waals surface area contributed by atoms with Crippen LogP contribution in [0.4, 0.5) is 4.79 Å². The number of benzene rings is 1. The lowest BCUT2D eigenvalue weighted by Gasteiger charge is -2.24. The van der Waals surface area contributed by atoms with Gasteiger partial charge in [-0.25, -0.2) is 4.79 Å². The van der Waals surface area contributed by atoms with Crippen LogP contribution < -0.4 is 11.1 Å². The zero-order chi connectivity index (χ0) is 15.9. The largest absolute Gasteiger partial charge is 0.445 e. The molecule has 1 aromatic rings. The number of hydrogen-bond acceptors (Lipinski definition) is 4. The number of carbonyl (C=O) groups is 2. The normalized spacial score (nSPS) is 18.8. The Bertz CT molecular complexity index is 505. The Kier molecular flexibility index (Phi) is 5.77. The maximum atomic E-state index is 12.2. The van der Waals surface area contributed by atoms with E-state index in [-0.39, 0.29) is 24.6 Å². The van der Waals surface area contributed by atoms with E-state index in [4.69, 9.17) is 10.5 Å². The lowest BCUT2D eigenvalue weighted by Crippen LogP contribution is -2.46. The molecule has 0 spiro atoms. The van der Waals surface area contributed by atoms with Crippen LogP contribution in [0, 0.1) is 0 Å². The number of carbonyl (C=O) groups excluding carboxylic acids is 2. The Morgan fingerprint density at radius 1 is 1.41 bits per heavy atom. The van der Waals surface area contributed by atoms with Crippen molar-refractivity contribution in [1.29, 1.82) is 0 Å². The lowest BCUT2D eigenvalue weighted by atomic mass is 10.2. The zero-order valence-corrected chi connectivity index (χ0v) is 12.8. The van der Waals surface area contributed by atoms with Crippen LogP contribution in [-0.2, 0) is 16.1 Å². The van der Waals surface area contributed by atoms with Gasteiger partial charge in [0.15, 0.2) is 0 Å². The zero-order valence-electron chi connectivity index (χ0n) is 12.8. The monoisotopic (exact) mass is 305 g/mol. The first-order valence-electron chi connectivity index (χ1n) is 7.58. The summed E-state index contributed by atoms with van der Waals surface area (Å²) < 4.78 is 5.35. The molecule has 0 aromatic heterocycles. The smallest absolute Gasteiger partial charge is 0.410 e. The molecule has 0 bridgehead atoms. The number of likely N-dealkylation sites (tertiary alicyclic amines) is 1. The van der Waals surface area contributed by atoms with Crippen molar-refractivity contribution in [2.45, 2.75) is 38.5 Å². The van der Waals surface area contributed by atoms with Gasteiger partial charge in [-0.1, -0.05) is 30.3 Å². The molecular weight excluding hydrogens is 282 g/mol. The number of amides is 2. The number of nitrogens with two attached hydrogens (primary N) is 1. The van der Waals surface area contributed by atoms with Crippen LogP contribution in [0.15, 0.2) is 30.3 Å². The van der Waals surface area contributed by atoms with Crippen molar-refractivity contribution in [2.24, 2.45) is 5.73 Å².